The van der Waals surface area contributed by atoms with E-state index in [1.807, 2.05) is 6.07 Å². The standard InChI is InChI=1S/C20H16N4O4/c21-12-15(20(26)24-7-10-27-11-8-24)17-13-4-1-2-5-14(13)18(22-17)23-19(25)16-6-3-9-28-16/h1-6,9H,7-8,10-11H2,(H,22,23,25). The fraction of sp³-hybridized carbons (Fsp3) is 0.200. The van der Waals surface area contributed by atoms with Crippen LogP contribution in [0.4, 0.5) is 0 Å². The summed E-state index contributed by atoms with van der Waals surface area (Å²) < 4.78 is 10.4. The predicted octanol–water partition coefficient (Wildman–Crippen LogP) is 1.56. The van der Waals surface area contributed by atoms with Crippen LogP contribution in [0, 0.1) is 11.3 Å². The number of hydrogen-bond acceptors (Lipinski definition) is 6. The maximum Gasteiger partial charge on any atom is 0.292 e. The van der Waals surface area contributed by atoms with Gasteiger partial charge >= 0.3 is 0 Å². The Labute approximate surface area is 160 Å². The van der Waals surface area contributed by atoms with E-state index in [0.29, 0.717) is 37.4 Å². The zero-order chi connectivity index (χ0) is 19.5. The van der Waals surface area contributed by atoms with Crippen molar-refractivity contribution in [3.05, 3.63) is 65.1 Å². The molecule has 0 bridgehead atoms. The fourth-order valence-electron chi connectivity index (χ4n) is 3.12. The molecule has 0 radical (unpaired) electrons. The number of furan rings is 1. The van der Waals surface area contributed by atoms with Crippen LogP contribution in [-0.4, -0.2) is 48.9 Å². The first-order valence-electron chi connectivity index (χ1n) is 8.73. The quantitative estimate of drug-likeness (QED) is 0.632. The number of rotatable bonds is 2. The summed E-state index contributed by atoms with van der Waals surface area (Å²) in [5.74, 6) is -0.437. The second-order valence-electron chi connectivity index (χ2n) is 6.18. The third-order valence-electron chi connectivity index (χ3n) is 4.50. The summed E-state index contributed by atoms with van der Waals surface area (Å²) in [5, 5.41) is 12.4. The minimum Gasteiger partial charge on any atom is -0.459 e. The Morgan fingerprint density at radius 1 is 1.11 bits per heavy atom. The van der Waals surface area contributed by atoms with E-state index < -0.39 is 11.8 Å². The first-order chi connectivity index (χ1) is 13.7. The van der Waals surface area contributed by atoms with Crippen LogP contribution in [0.15, 0.2) is 57.6 Å². The van der Waals surface area contributed by atoms with Gasteiger partial charge in [0.25, 0.3) is 11.8 Å². The minimum atomic E-state index is -0.460. The number of carbonyl (C=O) groups is 2. The Morgan fingerprint density at radius 2 is 1.86 bits per heavy atom. The molecule has 2 aliphatic heterocycles. The predicted molar refractivity (Wildman–Crippen MR) is 99.1 cm³/mol. The molecule has 1 aromatic heterocycles. The summed E-state index contributed by atoms with van der Waals surface area (Å²) in [7, 11) is 0. The average molecular weight is 376 g/mol. The summed E-state index contributed by atoms with van der Waals surface area (Å²) in [6.45, 7) is 1.71. The molecule has 1 aromatic carbocycles. The van der Waals surface area contributed by atoms with Crippen molar-refractivity contribution >= 4 is 23.3 Å². The maximum atomic E-state index is 12.9. The van der Waals surface area contributed by atoms with Crippen molar-refractivity contribution in [2.24, 2.45) is 4.99 Å². The number of carbonyl (C=O) groups excluding carboxylic acids is 2. The number of hydrogen-bond donors (Lipinski definition) is 1. The number of nitrogens with one attached hydrogen (secondary N) is 1. The van der Waals surface area contributed by atoms with Crippen molar-refractivity contribution < 1.29 is 18.7 Å². The van der Waals surface area contributed by atoms with Gasteiger partial charge in [-0.1, -0.05) is 24.3 Å². The lowest BCUT2D eigenvalue weighted by atomic mass is 10.0. The van der Waals surface area contributed by atoms with E-state index in [1.165, 1.54) is 12.3 Å². The molecule has 2 aliphatic rings. The van der Waals surface area contributed by atoms with E-state index in [2.05, 4.69) is 10.3 Å². The van der Waals surface area contributed by atoms with Crippen LogP contribution < -0.4 is 5.32 Å². The zero-order valence-electron chi connectivity index (χ0n) is 14.8. The maximum absolute atomic E-state index is 12.9. The van der Waals surface area contributed by atoms with E-state index in [9.17, 15) is 14.9 Å². The molecule has 3 heterocycles. The minimum absolute atomic E-state index is 0.0587. The van der Waals surface area contributed by atoms with Gasteiger partial charge < -0.3 is 19.4 Å². The number of fused-ring (bicyclic) bond motifs is 1. The van der Waals surface area contributed by atoms with Crippen LogP contribution in [0.5, 0.6) is 0 Å². The monoisotopic (exact) mass is 376 g/mol. The van der Waals surface area contributed by atoms with E-state index in [0.717, 1.165) is 0 Å². The molecule has 0 aliphatic carbocycles. The molecule has 0 unspecified atom stereocenters. The number of amides is 2. The van der Waals surface area contributed by atoms with E-state index >= 15 is 0 Å². The Hall–Kier alpha value is -3.70. The molecule has 1 N–H and O–H groups in total. The van der Waals surface area contributed by atoms with Gasteiger partial charge in [-0.05, 0) is 12.1 Å². The van der Waals surface area contributed by atoms with Gasteiger partial charge in [0.05, 0.1) is 25.2 Å². The van der Waals surface area contributed by atoms with Crippen molar-refractivity contribution in [3.8, 4) is 6.07 Å². The Morgan fingerprint density at radius 3 is 2.54 bits per heavy atom. The highest BCUT2D eigenvalue weighted by Crippen LogP contribution is 2.31. The molecule has 0 spiro atoms. The Kier molecular flexibility index (Phi) is 4.74. The molecule has 2 amide bonds. The van der Waals surface area contributed by atoms with Gasteiger partial charge in [-0.2, -0.15) is 5.26 Å². The molecule has 28 heavy (non-hydrogen) atoms. The zero-order valence-corrected chi connectivity index (χ0v) is 14.8. The van der Waals surface area contributed by atoms with Crippen LogP contribution in [0.3, 0.4) is 0 Å². The van der Waals surface area contributed by atoms with Crippen molar-refractivity contribution in [2.75, 3.05) is 26.3 Å². The van der Waals surface area contributed by atoms with Crippen LogP contribution in [0.25, 0.3) is 5.70 Å². The normalized spacial score (nSPS) is 17.4. The van der Waals surface area contributed by atoms with Gasteiger partial charge in [-0.3, -0.25) is 9.59 Å². The number of morpholine rings is 1. The van der Waals surface area contributed by atoms with Crippen LogP contribution in [-0.2, 0) is 9.53 Å². The molecule has 8 heteroatoms. The number of benzene rings is 1. The molecular weight excluding hydrogens is 360 g/mol. The summed E-state index contributed by atoms with van der Waals surface area (Å²) in [6.07, 6.45) is 1.40. The van der Waals surface area contributed by atoms with Crippen LogP contribution in [0.2, 0.25) is 0 Å². The number of nitrogens with zero attached hydrogens (tertiary/aromatic N) is 3. The highest BCUT2D eigenvalue weighted by Gasteiger charge is 2.30. The highest BCUT2D eigenvalue weighted by molar-refractivity contribution is 6.20. The van der Waals surface area contributed by atoms with Crippen molar-refractivity contribution in [1.29, 1.82) is 5.26 Å². The summed E-state index contributed by atoms with van der Waals surface area (Å²) in [5.41, 5.74) is 1.45. The topological polar surface area (TPSA) is 108 Å². The van der Waals surface area contributed by atoms with Gasteiger partial charge in [0.15, 0.2) is 5.76 Å². The molecule has 1 fully saturated rings. The number of ether oxygens (including phenoxy) is 1. The van der Waals surface area contributed by atoms with Crippen molar-refractivity contribution in [1.82, 2.24) is 10.2 Å². The smallest absolute Gasteiger partial charge is 0.292 e. The lowest BCUT2D eigenvalue weighted by Crippen LogP contribution is -2.41. The lowest BCUT2D eigenvalue weighted by molar-refractivity contribution is -0.130. The number of aliphatic imine (C=N–C) groups is 1. The third kappa shape index (κ3) is 3.19. The van der Waals surface area contributed by atoms with E-state index in [4.69, 9.17) is 9.15 Å². The molecule has 0 atom stereocenters. The van der Waals surface area contributed by atoms with Crippen LogP contribution in [0.1, 0.15) is 21.7 Å². The fourth-order valence-corrected chi connectivity index (χ4v) is 3.12. The largest absolute Gasteiger partial charge is 0.459 e. The second-order valence-corrected chi connectivity index (χ2v) is 6.18. The van der Waals surface area contributed by atoms with Gasteiger partial charge in [0, 0.05) is 24.2 Å². The average Bonchev–Trinajstić information content (AvgIpc) is 3.39. The first-order valence-corrected chi connectivity index (χ1v) is 8.73. The molecule has 0 saturated carbocycles. The highest BCUT2D eigenvalue weighted by atomic mass is 16.5. The Balaban J connectivity index is 1.72. The lowest BCUT2D eigenvalue weighted by Gasteiger charge is -2.26. The van der Waals surface area contributed by atoms with Crippen molar-refractivity contribution in [3.63, 3.8) is 0 Å². The molecule has 4 rings (SSSR count). The van der Waals surface area contributed by atoms with Crippen molar-refractivity contribution in [2.45, 2.75) is 0 Å². The van der Waals surface area contributed by atoms with Gasteiger partial charge in [0.2, 0.25) is 0 Å². The van der Waals surface area contributed by atoms with Gasteiger partial charge in [-0.25, -0.2) is 4.99 Å². The summed E-state index contributed by atoms with van der Waals surface area (Å²) >= 11 is 0. The first kappa shape index (κ1) is 17.7. The molecule has 2 aromatic rings. The third-order valence-corrected chi connectivity index (χ3v) is 4.50. The molecule has 8 nitrogen and oxygen atoms in total. The van der Waals surface area contributed by atoms with Gasteiger partial charge in [-0.15, -0.1) is 0 Å². The molecule has 140 valence electrons. The molecule has 1 saturated heterocycles. The van der Waals surface area contributed by atoms with E-state index in [1.54, 1.807) is 35.2 Å². The van der Waals surface area contributed by atoms with Gasteiger partial charge in [0.1, 0.15) is 17.5 Å². The SMILES string of the molecule is N#CC(C(=O)N1CCOCC1)=C1N=C(NC(=O)c2ccco2)c2ccccc21. The Bertz CT molecular complexity index is 1020. The summed E-state index contributed by atoms with van der Waals surface area (Å²) in [4.78, 5) is 31.2. The second kappa shape index (κ2) is 7.50. The number of amidine groups is 1. The molecular formula is C20H16N4O4. The summed E-state index contributed by atoms with van der Waals surface area (Å²) in [6, 6.07) is 12.3. The van der Waals surface area contributed by atoms with E-state index in [-0.39, 0.29) is 22.9 Å². The number of nitriles is 1. The van der Waals surface area contributed by atoms with Crippen LogP contribution >= 0.6 is 0 Å².